The topological polar surface area (TPSA) is 57.2 Å². The molecule has 1 fully saturated rings. The van der Waals surface area contributed by atoms with Crippen molar-refractivity contribution in [2.24, 2.45) is 5.92 Å². The van der Waals surface area contributed by atoms with Crippen LogP contribution in [-0.2, 0) is 6.54 Å². The van der Waals surface area contributed by atoms with E-state index in [1.165, 1.54) is 12.1 Å². The first kappa shape index (κ1) is 13.4. The van der Waals surface area contributed by atoms with Gasteiger partial charge in [0.25, 0.3) is 0 Å². The third-order valence-electron chi connectivity index (χ3n) is 3.77. The highest BCUT2D eigenvalue weighted by Gasteiger charge is 2.24. The van der Waals surface area contributed by atoms with Crippen LogP contribution in [0.3, 0.4) is 0 Å². The SMILES string of the molecule is OC1CNCC1CNCc1cc(F)cc2cccnc12. The zero-order valence-electron chi connectivity index (χ0n) is 11.1. The average molecular weight is 275 g/mol. The number of nitrogens with one attached hydrogen (secondary N) is 2. The van der Waals surface area contributed by atoms with Crippen molar-refractivity contribution in [2.45, 2.75) is 12.6 Å². The summed E-state index contributed by atoms with van der Waals surface area (Å²) in [6.45, 7) is 2.72. The number of fused-ring (bicyclic) bond motifs is 1. The minimum absolute atomic E-state index is 0.211. The van der Waals surface area contributed by atoms with Gasteiger partial charge in [0.15, 0.2) is 0 Å². The fourth-order valence-corrected chi connectivity index (χ4v) is 2.68. The molecule has 1 aromatic carbocycles. The number of nitrogens with zero attached hydrogens (tertiary/aromatic N) is 1. The van der Waals surface area contributed by atoms with E-state index in [9.17, 15) is 9.50 Å². The van der Waals surface area contributed by atoms with Gasteiger partial charge < -0.3 is 15.7 Å². The van der Waals surface area contributed by atoms with Gasteiger partial charge in [-0.05, 0) is 23.8 Å². The molecule has 0 amide bonds. The molecule has 2 atom stereocenters. The Hall–Kier alpha value is -1.56. The van der Waals surface area contributed by atoms with Crippen molar-refractivity contribution in [3.05, 3.63) is 41.8 Å². The van der Waals surface area contributed by atoms with Gasteiger partial charge in [0.2, 0.25) is 0 Å². The van der Waals surface area contributed by atoms with Crippen LogP contribution in [0.25, 0.3) is 10.9 Å². The number of aromatic nitrogens is 1. The second-order valence-corrected chi connectivity index (χ2v) is 5.26. The third kappa shape index (κ3) is 2.80. The number of aliphatic hydroxyl groups excluding tert-OH is 1. The molecule has 0 aliphatic carbocycles. The maximum Gasteiger partial charge on any atom is 0.124 e. The summed E-state index contributed by atoms with van der Waals surface area (Å²) in [6, 6.07) is 6.68. The molecule has 2 unspecified atom stereocenters. The Morgan fingerprint density at radius 1 is 1.40 bits per heavy atom. The quantitative estimate of drug-likeness (QED) is 0.780. The van der Waals surface area contributed by atoms with Crippen molar-refractivity contribution in [2.75, 3.05) is 19.6 Å². The first-order valence-electron chi connectivity index (χ1n) is 6.86. The summed E-state index contributed by atoms with van der Waals surface area (Å²) in [4.78, 5) is 4.32. The number of β-amino-alcohol motifs (C(OH)–C–C–N with tert-alkyl or cyclic N) is 1. The fourth-order valence-electron chi connectivity index (χ4n) is 2.68. The fraction of sp³-hybridized carbons (Fsp3) is 0.400. The predicted octanol–water partition coefficient (Wildman–Crippen LogP) is 1.04. The van der Waals surface area contributed by atoms with Crippen LogP contribution in [0.1, 0.15) is 5.56 Å². The molecule has 0 spiro atoms. The molecule has 5 heteroatoms. The summed E-state index contributed by atoms with van der Waals surface area (Å²) >= 11 is 0. The minimum atomic E-state index is -0.301. The molecular formula is C15H18FN3O. The molecule has 1 saturated heterocycles. The summed E-state index contributed by atoms with van der Waals surface area (Å²) in [6.07, 6.45) is 1.42. The molecule has 0 saturated carbocycles. The van der Waals surface area contributed by atoms with Gasteiger partial charge in [-0.15, -0.1) is 0 Å². The number of benzene rings is 1. The lowest BCUT2D eigenvalue weighted by molar-refractivity contribution is 0.146. The van der Waals surface area contributed by atoms with E-state index in [-0.39, 0.29) is 17.8 Å². The Labute approximate surface area is 117 Å². The molecule has 20 heavy (non-hydrogen) atoms. The summed E-state index contributed by atoms with van der Waals surface area (Å²) in [5.74, 6) is -0.0346. The minimum Gasteiger partial charge on any atom is -0.391 e. The van der Waals surface area contributed by atoms with E-state index in [4.69, 9.17) is 0 Å². The van der Waals surface area contributed by atoms with Gasteiger partial charge in [-0.1, -0.05) is 6.07 Å². The molecule has 1 aromatic heterocycles. The van der Waals surface area contributed by atoms with Gasteiger partial charge in [0.1, 0.15) is 5.82 Å². The highest BCUT2D eigenvalue weighted by atomic mass is 19.1. The van der Waals surface area contributed by atoms with Crippen LogP contribution in [0.2, 0.25) is 0 Å². The molecular weight excluding hydrogens is 257 g/mol. The highest BCUT2D eigenvalue weighted by Crippen LogP contribution is 2.18. The maximum absolute atomic E-state index is 13.6. The molecule has 106 valence electrons. The van der Waals surface area contributed by atoms with Crippen molar-refractivity contribution < 1.29 is 9.50 Å². The van der Waals surface area contributed by atoms with E-state index in [0.29, 0.717) is 19.6 Å². The van der Waals surface area contributed by atoms with Crippen LogP contribution in [0.4, 0.5) is 4.39 Å². The van der Waals surface area contributed by atoms with Crippen LogP contribution >= 0.6 is 0 Å². The molecule has 2 aromatic rings. The lowest BCUT2D eigenvalue weighted by Gasteiger charge is -2.14. The smallest absolute Gasteiger partial charge is 0.124 e. The molecule has 0 radical (unpaired) electrons. The van der Waals surface area contributed by atoms with E-state index in [2.05, 4.69) is 15.6 Å². The van der Waals surface area contributed by atoms with Crippen LogP contribution < -0.4 is 10.6 Å². The third-order valence-corrected chi connectivity index (χ3v) is 3.77. The normalized spacial score (nSPS) is 22.5. The number of pyridine rings is 1. The largest absolute Gasteiger partial charge is 0.391 e. The number of hydrogen-bond acceptors (Lipinski definition) is 4. The van der Waals surface area contributed by atoms with Crippen molar-refractivity contribution in [1.82, 2.24) is 15.6 Å². The zero-order valence-corrected chi connectivity index (χ0v) is 11.1. The Morgan fingerprint density at radius 3 is 3.10 bits per heavy atom. The maximum atomic E-state index is 13.6. The lowest BCUT2D eigenvalue weighted by atomic mass is 10.1. The average Bonchev–Trinajstić information content (AvgIpc) is 2.84. The van der Waals surface area contributed by atoms with Crippen LogP contribution in [-0.4, -0.2) is 35.8 Å². The number of rotatable bonds is 4. The molecule has 0 bridgehead atoms. The van der Waals surface area contributed by atoms with E-state index >= 15 is 0 Å². The van der Waals surface area contributed by atoms with Crippen molar-refractivity contribution in [1.29, 1.82) is 0 Å². The lowest BCUT2D eigenvalue weighted by Crippen LogP contribution is -2.30. The molecule has 1 aliphatic rings. The van der Waals surface area contributed by atoms with Crippen LogP contribution in [0.15, 0.2) is 30.5 Å². The molecule has 3 rings (SSSR count). The summed E-state index contributed by atoms with van der Waals surface area (Å²) in [7, 11) is 0. The summed E-state index contributed by atoms with van der Waals surface area (Å²) < 4.78 is 13.6. The molecule has 3 N–H and O–H groups in total. The Morgan fingerprint density at radius 2 is 2.30 bits per heavy atom. The highest BCUT2D eigenvalue weighted by molar-refractivity contribution is 5.81. The monoisotopic (exact) mass is 275 g/mol. The Kier molecular flexibility index (Phi) is 3.91. The van der Waals surface area contributed by atoms with E-state index < -0.39 is 0 Å². The molecule has 4 nitrogen and oxygen atoms in total. The van der Waals surface area contributed by atoms with Gasteiger partial charge in [0.05, 0.1) is 11.6 Å². The molecule has 2 heterocycles. The van der Waals surface area contributed by atoms with Gasteiger partial charge in [0, 0.05) is 43.7 Å². The predicted molar refractivity (Wildman–Crippen MR) is 75.8 cm³/mol. The Balaban J connectivity index is 1.71. The number of aliphatic hydroxyl groups is 1. The summed E-state index contributed by atoms with van der Waals surface area (Å²) in [5, 5.41) is 17.0. The first-order chi connectivity index (χ1) is 9.74. The van der Waals surface area contributed by atoms with Gasteiger partial charge in [-0.3, -0.25) is 4.98 Å². The summed E-state index contributed by atoms with van der Waals surface area (Å²) in [5.41, 5.74) is 1.67. The van der Waals surface area contributed by atoms with E-state index in [0.717, 1.165) is 23.0 Å². The van der Waals surface area contributed by atoms with Gasteiger partial charge >= 0.3 is 0 Å². The van der Waals surface area contributed by atoms with E-state index in [1.807, 2.05) is 6.07 Å². The van der Waals surface area contributed by atoms with Gasteiger partial charge in [-0.25, -0.2) is 4.39 Å². The standard InChI is InChI=1S/C15H18FN3O/c16-13-4-10-2-1-3-19-15(10)11(5-13)6-17-7-12-8-18-9-14(12)20/h1-5,12,14,17-18,20H,6-9H2. The zero-order chi connectivity index (χ0) is 13.9. The van der Waals surface area contributed by atoms with Gasteiger partial charge in [-0.2, -0.15) is 0 Å². The van der Waals surface area contributed by atoms with Crippen molar-refractivity contribution in [3.8, 4) is 0 Å². The number of hydrogen-bond donors (Lipinski definition) is 3. The second kappa shape index (κ2) is 5.83. The van der Waals surface area contributed by atoms with Crippen LogP contribution in [0.5, 0.6) is 0 Å². The Bertz CT molecular complexity index is 605. The molecule has 1 aliphatic heterocycles. The van der Waals surface area contributed by atoms with Crippen molar-refractivity contribution in [3.63, 3.8) is 0 Å². The second-order valence-electron chi connectivity index (χ2n) is 5.26. The first-order valence-corrected chi connectivity index (χ1v) is 6.86. The van der Waals surface area contributed by atoms with Crippen molar-refractivity contribution >= 4 is 10.9 Å². The van der Waals surface area contributed by atoms with Crippen LogP contribution in [0, 0.1) is 11.7 Å². The van der Waals surface area contributed by atoms with E-state index in [1.54, 1.807) is 12.3 Å². The number of halogens is 1.